The van der Waals surface area contributed by atoms with Crippen molar-refractivity contribution in [2.24, 2.45) is 5.92 Å². The molecular formula is C14H21O4-. The van der Waals surface area contributed by atoms with E-state index in [1.54, 1.807) is 0 Å². The minimum absolute atomic E-state index is 0.0194. The fourth-order valence-corrected chi connectivity index (χ4v) is 2.28. The summed E-state index contributed by atoms with van der Waals surface area (Å²) in [5, 5.41) is 10.9. The number of hydrogen-bond donors (Lipinski definition) is 0. The first-order valence-corrected chi connectivity index (χ1v) is 6.68. The Morgan fingerprint density at radius 1 is 1.28 bits per heavy atom. The summed E-state index contributed by atoms with van der Waals surface area (Å²) in [6.45, 7) is 5.62. The van der Waals surface area contributed by atoms with Crippen LogP contribution in [0.2, 0.25) is 0 Å². The van der Waals surface area contributed by atoms with E-state index in [4.69, 9.17) is 4.74 Å². The second-order valence-corrected chi connectivity index (χ2v) is 4.82. The third kappa shape index (κ3) is 3.86. The van der Waals surface area contributed by atoms with Gasteiger partial charge in [0.25, 0.3) is 0 Å². The lowest BCUT2D eigenvalue weighted by atomic mass is 9.93. The zero-order valence-electron chi connectivity index (χ0n) is 10.9. The monoisotopic (exact) mass is 253 g/mol. The van der Waals surface area contributed by atoms with Gasteiger partial charge in [-0.25, -0.2) is 4.79 Å². The molecule has 1 fully saturated rings. The molecule has 0 aromatic heterocycles. The average Bonchev–Trinajstić information content (AvgIpc) is 2.59. The van der Waals surface area contributed by atoms with E-state index in [0.29, 0.717) is 6.42 Å². The van der Waals surface area contributed by atoms with Gasteiger partial charge in [-0.3, -0.25) is 0 Å². The van der Waals surface area contributed by atoms with Gasteiger partial charge in [0, 0.05) is 5.57 Å². The number of esters is 1. The lowest BCUT2D eigenvalue weighted by Gasteiger charge is -2.18. The molecule has 2 atom stereocenters. The molecule has 0 radical (unpaired) electrons. The van der Waals surface area contributed by atoms with Crippen molar-refractivity contribution in [3.63, 3.8) is 0 Å². The molecule has 0 N–H and O–H groups in total. The van der Waals surface area contributed by atoms with Gasteiger partial charge in [-0.1, -0.05) is 45.6 Å². The molecule has 4 nitrogen and oxygen atoms in total. The highest BCUT2D eigenvalue weighted by Gasteiger charge is 2.38. The van der Waals surface area contributed by atoms with Crippen LogP contribution in [0, 0.1) is 5.92 Å². The summed E-state index contributed by atoms with van der Waals surface area (Å²) in [6, 6.07) is 0. The molecule has 1 heterocycles. The second kappa shape index (κ2) is 7.19. The van der Waals surface area contributed by atoms with Gasteiger partial charge in [-0.2, -0.15) is 0 Å². The summed E-state index contributed by atoms with van der Waals surface area (Å²) in [7, 11) is 0. The van der Waals surface area contributed by atoms with Gasteiger partial charge in [0.2, 0.25) is 0 Å². The number of aliphatic carboxylic acids is 1. The fraction of sp³-hybridized carbons (Fsp3) is 0.714. The number of carboxylic acid groups (broad SMARTS) is 1. The van der Waals surface area contributed by atoms with Gasteiger partial charge in [0.1, 0.15) is 6.10 Å². The van der Waals surface area contributed by atoms with Crippen molar-refractivity contribution >= 4 is 11.9 Å². The molecule has 1 rings (SSSR count). The highest BCUT2D eigenvalue weighted by Crippen LogP contribution is 2.29. The van der Waals surface area contributed by atoms with Gasteiger partial charge >= 0.3 is 5.97 Å². The van der Waals surface area contributed by atoms with Crippen LogP contribution in [-0.4, -0.2) is 18.0 Å². The van der Waals surface area contributed by atoms with E-state index >= 15 is 0 Å². The average molecular weight is 253 g/mol. The number of hydrogen-bond acceptors (Lipinski definition) is 4. The molecule has 0 aliphatic carbocycles. The number of cyclic esters (lactones) is 1. The number of carbonyl (C=O) groups is 2. The largest absolute Gasteiger partial charge is 0.549 e. The third-order valence-electron chi connectivity index (χ3n) is 3.36. The van der Waals surface area contributed by atoms with Crippen LogP contribution >= 0.6 is 0 Å². The van der Waals surface area contributed by atoms with Crippen molar-refractivity contribution in [3.8, 4) is 0 Å². The summed E-state index contributed by atoms with van der Waals surface area (Å²) >= 11 is 0. The smallest absolute Gasteiger partial charge is 0.334 e. The Labute approximate surface area is 108 Å². The Morgan fingerprint density at radius 2 is 1.89 bits per heavy atom. The van der Waals surface area contributed by atoms with Crippen LogP contribution in [0.5, 0.6) is 0 Å². The van der Waals surface area contributed by atoms with Crippen molar-refractivity contribution in [2.75, 3.05) is 0 Å². The molecule has 4 heteroatoms. The van der Waals surface area contributed by atoms with Crippen molar-refractivity contribution in [1.29, 1.82) is 0 Å². The Balaban J connectivity index is 2.30. The van der Waals surface area contributed by atoms with Gasteiger partial charge in [-0.15, -0.1) is 0 Å². The zero-order valence-corrected chi connectivity index (χ0v) is 10.9. The van der Waals surface area contributed by atoms with Gasteiger partial charge in [0.15, 0.2) is 0 Å². The number of carbonyl (C=O) groups excluding carboxylic acids is 2. The van der Waals surface area contributed by atoms with Crippen LogP contribution in [0.15, 0.2) is 12.2 Å². The van der Waals surface area contributed by atoms with E-state index in [-0.39, 0.29) is 5.57 Å². The molecule has 102 valence electrons. The molecule has 0 bridgehead atoms. The molecule has 2 unspecified atom stereocenters. The maximum Gasteiger partial charge on any atom is 0.334 e. The Bertz CT molecular complexity index is 322. The van der Waals surface area contributed by atoms with E-state index in [1.807, 2.05) is 0 Å². The minimum atomic E-state index is -1.26. The summed E-state index contributed by atoms with van der Waals surface area (Å²) in [5.41, 5.74) is 0.0194. The SMILES string of the molecule is C=C1C(=O)OC(CCCCCCCC)C1C(=O)[O-]. The molecule has 1 aliphatic rings. The van der Waals surface area contributed by atoms with Crippen molar-refractivity contribution in [3.05, 3.63) is 12.2 Å². The number of unbranched alkanes of at least 4 members (excludes halogenated alkanes) is 5. The van der Waals surface area contributed by atoms with Crippen LogP contribution < -0.4 is 5.11 Å². The first-order chi connectivity index (χ1) is 8.57. The topological polar surface area (TPSA) is 66.4 Å². The molecule has 18 heavy (non-hydrogen) atoms. The first kappa shape index (κ1) is 14.7. The first-order valence-electron chi connectivity index (χ1n) is 6.68. The minimum Gasteiger partial charge on any atom is -0.549 e. The predicted molar refractivity (Wildman–Crippen MR) is 65.5 cm³/mol. The molecule has 0 spiro atoms. The van der Waals surface area contributed by atoms with Crippen LogP contribution in [0.1, 0.15) is 51.9 Å². The Morgan fingerprint density at radius 3 is 2.50 bits per heavy atom. The van der Waals surface area contributed by atoms with Gasteiger partial charge in [-0.05, 0) is 12.8 Å². The zero-order chi connectivity index (χ0) is 13.5. The highest BCUT2D eigenvalue weighted by atomic mass is 16.6. The second-order valence-electron chi connectivity index (χ2n) is 4.82. The third-order valence-corrected chi connectivity index (χ3v) is 3.36. The van der Waals surface area contributed by atoms with Gasteiger partial charge in [0.05, 0.1) is 11.9 Å². The van der Waals surface area contributed by atoms with Crippen LogP contribution in [0.25, 0.3) is 0 Å². The molecule has 0 aromatic carbocycles. The van der Waals surface area contributed by atoms with Crippen LogP contribution in [0.3, 0.4) is 0 Å². The maximum atomic E-state index is 11.3. The van der Waals surface area contributed by atoms with Crippen molar-refractivity contribution in [2.45, 2.75) is 58.0 Å². The van der Waals surface area contributed by atoms with E-state index in [0.717, 1.165) is 19.3 Å². The lowest BCUT2D eigenvalue weighted by Crippen LogP contribution is -2.36. The summed E-state index contributed by atoms with van der Waals surface area (Å²) in [6.07, 6.45) is 6.70. The lowest BCUT2D eigenvalue weighted by molar-refractivity contribution is -0.311. The molecule has 0 aromatic rings. The van der Waals surface area contributed by atoms with Crippen molar-refractivity contribution < 1.29 is 19.4 Å². The predicted octanol–water partition coefficient (Wildman–Crippen LogP) is 1.58. The normalized spacial score (nSPS) is 23.2. The quantitative estimate of drug-likeness (QED) is 0.374. The van der Waals surface area contributed by atoms with E-state index in [9.17, 15) is 14.7 Å². The number of carboxylic acids is 1. The Kier molecular flexibility index (Phi) is 5.89. The highest BCUT2D eigenvalue weighted by molar-refractivity contribution is 5.97. The summed E-state index contributed by atoms with van der Waals surface area (Å²) < 4.78 is 5.02. The molecule has 0 saturated carbocycles. The molecule has 1 saturated heterocycles. The van der Waals surface area contributed by atoms with E-state index in [2.05, 4.69) is 13.5 Å². The molecule has 1 aliphatic heterocycles. The number of rotatable bonds is 8. The summed E-state index contributed by atoms with van der Waals surface area (Å²) in [4.78, 5) is 22.2. The Hall–Kier alpha value is -1.32. The summed E-state index contributed by atoms with van der Waals surface area (Å²) in [5.74, 6) is -2.82. The van der Waals surface area contributed by atoms with Gasteiger partial charge < -0.3 is 14.6 Å². The van der Waals surface area contributed by atoms with E-state index in [1.165, 1.54) is 19.3 Å². The maximum absolute atomic E-state index is 11.3. The van der Waals surface area contributed by atoms with Crippen LogP contribution in [-0.2, 0) is 14.3 Å². The molecular weight excluding hydrogens is 232 g/mol. The fourth-order valence-electron chi connectivity index (χ4n) is 2.28. The standard InChI is InChI=1S/C14H22O4/c1-3-4-5-6-7-8-9-11-12(13(15)16)10(2)14(17)18-11/h11-12H,2-9H2,1H3,(H,15,16)/p-1. The van der Waals surface area contributed by atoms with Crippen LogP contribution in [0.4, 0.5) is 0 Å². The van der Waals surface area contributed by atoms with E-state index < -0.39 is 24.0 Å². The number of ether oxygens (including phenoxy) is 1. The van der Waals surface area contributed by atoms with Crippen molar-refractivity contribution in [1.82, 2.24) is 0 Å². The molecule has 0 amide bonds.